The highest BCUT2D eigenvalue weighted by atomic mass is 19.4. The second-order valence-corrected chi connectivity index (χ2v) is 7.77. The number of aromatic nitrogens is 2. The monoisotopic (exact) mass is 416 g/mol. The van der Waals surface area contributed by atoms with Crippen molar-refractivity contribution in [3.8, 4) is 0 Å². The van der Waals surface area contributed by atoms with Gasteiger partial charge in [0.2, 0.25) is 0 Å². The summed E-state index contributed by atoms with van der Waals surface area (Å²) in [6, 6.07) is 0.825. The minimum absolute atomic E-state index is 0.0391. The topological polar surface area (TPSA) is 93.5 Å². The van der Waals surface area contributed by atoms with Gasteiger partial charge in [-0.25, -0.2) is 9.18 Å². The van der Waals surface area contributed by atoms with Gasteiger partial charge in [0.25, 0.3) is 5.56 Å². The highest BCUT2D eigenvalue weighted by Crippen LogP contribution is 2.40. The van der Waals surface area contributed by atoms with Gasteiger partial charge < -0.3 is 15.8 Å². The van der Waals surface area contributed by atoms with Gasteiger partial charge in [-0.3, -0.25) is 9.36 Å². The second kappa shape index (κ2) is 6.48. The van der Waals surface area contributed by atoms with Crippen molar-refractivity contribution in [1.29, 1.82) is 0 Å². The van der Waals surface area contributed by atoms with Crippen LogP contribution in [0.3, 0.4) is 0 Å². The molecule has 3 N–H and O–H groups in total. The van der Waals surface area contributed by atoms with Crippen LogP contribution in [-0.4, -0.2) is 39.7 Å². The van der Waals surface area contributed by atoms with Crippen LogP contribution in [0.1, 0.15) is 30.9 Å². The van der Waals surface area contributed by atoms with E-state index in [0.717, 1.165) is 6.07 Å². The number of benzene rings is 1. The largest absolute Gasteiger partial charge is 0.414 e. The van der Waals surface area contributed by atoms with E-state index < -0.39 is 35.3 Å². The molecule has 1 aliphatic carbocycles. The molecule has 7 nitrogen and oxygen atoms in total. The summed E-state index contributed by atoms with van der Waals surface area (Å²) in [6.45, 7) is 1.46. The average Bonchev–Trinajstić information content (AvgIpc) is 3.36. The van der Waals surface area contributed by atoms with Crippen molar-refractivity contribution >= 4 is 16.6 Å². The maximum absolute atomic E-state index is 15.0. The molecule has 0 radical (unpaired) electrons. The van der Waals surface area contributed by atoms with Gasteiger partial charge in [-0.15, -0.1) is 0 Å². The van der Waals surface area contributed by atoms with Gasteiger partial charge in [0.05, 0.1) is 16.6 Å². The number of hydrogen-bond acceptors (Lipinski definition) is 5. The van der Waals surface area contributed by atoms with Crippen LogP contribution in [0.15, 0.2) is 15.7 Å². The van der Waals surface area contributed by atoms with E-state index in [4.69, 9.17) is 5.84 Å². The first kappa shape index (κ1) is 19.7. The third-order valence-corrected chi connectivity index (χ3v) is 5.80. The van der Waals surface area contributed by atoms with Gasteiger partial charge in [-0.1, -0.05) is 0 Å². The normalized spacial score (nSPS) is 21.2. The highest BCUT2D eigenvalue weighted by Gasteiger charge is 2.46. The summed E-state index contributed by atoms with van der Waals surface area (Å²) in [5.74, 6) is 3.70. The van der Waals surface area contributed by atoms with E-state index in [1.165, 1.54) is 16.4 Å². The molecule has 4 rings (SSSR count). The number of anilines is 1. The van der Waals surface area contributed by atoms with Crippen LogP contribution in [-0.2, 0) is 0 Å². The lowest BCUT2D eigenvalue weighted by molar-refractivity contribution is -0.217. The average molecular weight is 416 g/mol. The molecule has 2 atom stereocenters. The number of alkyl halides is 3. The lowest BCUT2D eigenvalue weighted by Gasteiger charge is -2.25. The molecule has 1 aromatic heterocycles. The quantitative estimate of drug-likeness (QED) is 0.583. The predicted molar refractivity (Wildman–Crippen MR) is 98.0 cm³/mol. The first-order chi connectivity index (χ1) is 13.5. The Bertz CT molecular complexity index is 1100. The van der Waals surface area contributed by atoms with Crippen LogP contribution in [0.25, 0.3) is 10.9 Å². The highest BCUT2D eigenvalue weighted by molar-refractivity contribution is 5.87. The molecule has 1 aliphatic heterocycles. The van der Waals surface area contributed by atoms with E-state index in [2.05, 4.69) is 0 Å². The summed E-state index contributed by atoms with van der Waals surface area (Å²) in [7, 11) is 0. The Morgan fingerprint density at radius 3 is 2.48 bits per heavy atom. The fraction of sp³-hybridized carbons (Fsp3) is 0.556. The predicted octanol–water partition coefficient (Wildman–Crippen LogP) is 1.41. The van der Waals surface area contributed by atoms with E-state index in [0.29, 0.717) is 23.1 Å². The number of aryl methyl sites for hydroxylation is 1. The second-order valence-electron chi connectivity index (χ2n) is 7.77. The van der Waals surface area contributed by atoms with Crippen LogP contribution >= 0.6 is 0 Å². The lowest BCUT2D eigenvalue weighted by atomic mass is 10.0. The van der Waals surface area contributed by atoms with Crippen LogP contribution < -0.4 is 22.0 Å². The maximum atomic E-state index is 15.0. The Morgan fingerprint density at radius 2 is 1.90 bits per heavy atom. The van der Waals surface area contributed by atoms with Gasteiger partial charge in [-0.2, -0.15) is 17.8 Å². The van der Waals surface area contributed by atoms with E-state index in [-0.39, 0.29) is 42.1 Å². The first-order valence-corrected chi connectivity index (χ1v) is 9.27. The molecule has 2 aliphatic rings. The summed E-state index contributed by atoms with van der Waals surface area (Å²) in [4.78, 5) is 26.4. The minimum atomic E-state index is -4.75. The number of nitrogens with zero attached hydrogens (tertiary/aromatic N) is 3. The smallest absolute Gasteiger partial charge is 0.383 e. The van der Waals surface area contributed by atoms with Crippen molar-refractivity contribution in [1.82, 2.24) is 9.24 Å². The summed E-state index contributed by atoms with van der Waals surface area (Å²) in [5, 5.41) is 9.49. The number of nitrogen functional groups attached to an aromatic ring is 1. The zero-order valence-electron chi connectivity index (χ0n) is 15.5. The molecular weight excluding hydrogens is 396 g/mol. The van der Waals surface area contributed by atoms with Crippen LogP contribution in [0, 0.1) is 18.7 Å². The zero-order chi connectivity index (χ0) is 21.2. The number of rotatable bonds is 3. The Labute approximate surface area is 161 Å². The van der Waals surface area contributed by atoms with Crippen LogP contribution in [0.5, 0.6) is 0 Å². The maximum Gasteiger partial charge on any atom is 0.414 e. The summed E-state index contributed by atoms with van der Waals surface area (Å²) < 4.78 is 55.3. The fourth-order valence-corrected chi connectivity index (χ4v) is 4.23. The Kier molecular flexibility index (Phi) is 4.41. The van der Waals surface area contributed by atoms with Crippen molar-refractivity contribution in [2.45, 2.75) is 44.5 Å². The molecule has 2 fully saturated rings. The number of aliphatic hydroxyl groups excluding tert-OH is 1. The Hall–Kier alpha value is -2.56. The van der Waals surface area contributed by atoms with E-state index in [9.17, 15) is 32.3 Å². The standard InChI is InChI=1S/C18H20F4N4O3/c1-8-13-11(16(28)26(23)17(29)25(13)10-2-3-10)6-12(19)14(8)24-5-4-9(7-24)15(27)18(20,21)22/h6,9-10,15,27H,2-5,7,23H2,1H3. The molecule has 11 heteroatoms. The summed E-state index contributed by atoms with van der Waals surface area (Å²) >= 11 is 0. The molecule has 2 unspecified atom stereocenters. The number of halogens is 4. The molecule has 1 saturated heterocycles. The first-order valence-electron chi connectivity index (χ1n) is 9.27. The van der Waals surface area contributed by atoms with Crippen LogP contribution in [0.4, 0.5) is 23.2 Å². The molecule has 29 heavy (non-hydrogen) atoms. The number of nitrogens with two attached hydrogens (primary N) is 1. The van der Waals surface area contributed by atoms with Crippen LogP contribution in [0.2, 0.25) is 0 Å². The number of fused-ring (bicyclic) bond motifs is 1. The van der Waals surface area contributed by atoms with Gasteiger partial charge in [0.15, 0.2) is 6.10 Å². The molecule has 0 bridgehead atoms. The van der Waals surface area contributed by atoms with Crippen molar-refractivity contribution in [3.63, 3.8) is 0 Å². The molecule has 0 amide bonds. The van der Waals surface area contributed by atoms with Crippen molar-refractivity contribution < 1.29 is 22.7 Å². The molecule has 2 aromatic rings. The zero-order valence-corrected chi connectivity index (χ0v) is 15.5. The number of hydrogen-bond donors (Lipinski definition) is 2. The van der Waals surface area contributed by atoms with Crippen molar-refractivity contribution in [3.05, 3.63) is 38.3 Å². The van der Waals surface area contributed by atoms with E-state index in [1.54, 1.807) is 0 Å². The molecular formula is C18H20F4N4O3. The molecule has 2 heterocycles. The fourth-order valence-electron chi connectivity index (χ4n) is 4.23. The van der Waals surface area contributed by atoms with Gasteiger partial charge in [0.1, 0.15) is 5.82 Å². The summed E-state index contributed by atoms with van der Waals surface area (Å²) in [5.41, 5.74) is -0.957. The molecule has 158 valence electrons. The summed E-state index contributed by atoms with van der Waals surface area (Å²) in [6.07, 6.45) is -5.79. The molecule has 0 spiro atoms. The van der Waals surface area contributed by atoms with Gasteiger partial charge in [-0.05, 0) is 32.3 Å². The Balaban J connectivity index is 1.85. The van der Waals surface area contributed by atoms with E-state index >= 15 is 0 Å². The Morgan fingerprint density at radius 1 is 1.24 bits per heavy atom. The van der Waals surface area contributed by atoms with Gasteiger partial charge in [0, 0.05) is 30.6 Å². The SMILES string of the molecule is Cc1c(N2CCC(C(O)C(F)(F)F)C2)c(F)cc2c(=O)n(N)c(=O)n(C3CC3)c12. The van der Waals surface area contributed by atoms with Crippen molar-refractivity contribution in [2.24, 2.45) is 5.92 Å². The minimum Gasteiger partial charge on any atom is -0.383 e. The number of aliphatic hydroxyl groups is 1. The molecule has 1 saturated carbocycles. The molecule has 1 aromatic carbocycles. The van der Waals surface area contributed by atoms with Crippen molar-refractivity contribution in [2.75, 3.05) is 23.8 Å². The third-order valence-electron chi connectivity index (χ3n) is 5.80. The van der Waals surface area contributed by atoms with E-state index in [1.807, 2.05) is 0 Å². The third kappa shape index (κ3) is 3.07. The van der Waals surface area contributed by atoms with Gasteiger partial charge >= 0.3 is 11.9 Å². The lowest BCUT2D eigenvalue weighted by Crippen LogP contribution is -2.44.